The Morgan fingerprint density at radius 2 is 0.741 bits per heavy atom. The second kappa shape index (κ2) is 50.8. The fourth-order valence-electron chi connectivity index (χ4n) is 3.97. The second-order valence-corrected chi connectivity index (χ2v) is 11.6. The van der Waals surface area contributed by atoms with E-state index in [0.29, 0.717) is 184 Å². The molecule has 1 amide bonds. The summed E-state index contributed by atoms with van der Waals surface area (Å²) in [5.74, 6) is 5.54. The average Bonchev–Trinajstić information content (AvgIpc) is 3.22. The van der Waals surface area contributed by atoms with Crippen molar-refractivity contribution >= 4 is 12.2 Å². The van der Waals surface area contributed by atoms with Crippen LogP contribution in [-0.2, 0) is 71.2 Å². The van der Waals surface area contributed by atoms with E-state index in [9.17, 15) is 9.59 Å². The van der Waals surface area contributed by atoms with Crippen LogP contribution in [0.5, 0.6) is 0 Å². The van der Waals surface area contributed by atoms with Crippen LogP contribution < -0.4 is 11.6 Å². The maximum atomic E-state index is 11.8. The van der Waals surface area contributed by atoms with Gasteiger partial charge in [0.1, 0.15) is 6.29 Å². The Labute approximate surface area is 347 Å². The predicted octanol–water partition coefficient (Wildman–Crippen LogP) is 0.828. The lowest BCUT2D eigenvalue weighted by molar-refractivity contribution is -0.124. The zero-order valence-corrected chi connectivity index (χ0v) is 36.0. The van der Waals surface area contributed by atoms with E-state index < -0.39 is 0 Å². The van der Waals surface area contributed by atoms with Gasteiger partial charge in [-0.1, -0.05) is 20.8 Å². The zero-order chi connectivity index (χ0) is 42.8. The SMILES string of the molecule is CC.CCCOCCOCCOCCOCCOCCOCCOCCOCCOCCOCCOCCOCCOCCN(N)/C=C(\N)CN(C)C(=O)/C=C\C=O. The summed E-state index contributed by atoms with van der Waals surface area (Å²) in [4.78, 5) is 23.4. The molecule has 0 heterocycles. The first-order valence-corrected chi connectivity index (χ1v) is 20.4. The number of nitrogens with two attached hydrogens (primary N) is 2. The summed E-state index contributed by atoms with van der Waals surface area (Å²) in [7, 11) is 1.57. The van der Waals surface area contributed by atoms with Gasteiger partial charge in [-0.15, -0.1) is 0 Å². The van der Waals surface area contributed by atoms with Gasteiger partial charge in [0.05, 0.1) is 178 Å². The first-order chi connectivity index (χ1) is 28.5. The van der Waals surface area contributed by atoms with Gasteiger partial charge in [0, 0.05) is 31.6 Å². The van der Waals surface area contributed by atoms with Gasteiger partial charge in [0.25, 0.3) is 0 Å². The third-order valence-corrected chi connectivity index (χ3v) is 6.75. The maximum Gasteiger partial charge on any atom is 0.246 e. The number of rotatable bonds is 46. The third-order valence-electron chi connectivity index (χ3n) is 6.75. The van der Waals surface area contributed by atoms with Gasteiger partial charge in [-0.2, -0.15) is 0 Å². The molecule has 19 heteroatoms. The number of nitrogens with zero attached hydrogens (tertiary/aromatic N) is 2. The monoisotopic (exact) mass is 843 g/mol. The molecule has 0 radical (unpaired) electrons. The normalized spacial score (nSPS) is 11.6. The number of hydrazine groups is 1. The van der Waals surface area contributed by atoms with E-state index >= 15 is 0 Å². The minimum Gasteiger partial charge on any atom is -0.399 e. The minimum absolute atomic E-state index is 0.170. The number of amides is 1. The fraction of sp³-hybridized carbons (Fsp3) is 0.846. The molecule has 4 N–H and O–H groups in total. The number of allylic oxidation sites excluding steroid dienone is 1. The van der Waals surface area contributed by atoms with E-state index in [1.807, 2.05) is 13.8 Å². The van der Waals surface area contributed by atoms with E-state index in [4.69, 9.17) is 73.2 Å². The van der Waals surface area contributed by atoms with Crippen molar-refractivity contribution in [2.24, 2.45) is 11.6 Å². The van der Waals surface area contributed by atoms with Crippen LogP contribution in [0.2, 0.25) is 0 Å². The molecule has 0 spiro atoms. The zero-order valence-electron chi connectivity index (χ0n) is 36.0. The third kappa shape index (κ3) is 48.0. The van der Waals surface area contributed by atoms with Crippen molar-refractivity contribution in [3.8, 4) is 0 Å². The van der Waals surface area contributed by atoms with E-state index in [2.05, 4.69) is 6.92 Å². The lowest BCUT2D eigenvalue weighted by Gasteiger charge is -2.18. The number of aldehydes is 1. The van der Waals surface area contributed by atoms with E-state index in [1.54, 1.807) is 7.05 Å². The van der Waals surface area contributed by atoms with Crippen molar-refractivity contribution in [3.63, 3.8) is 0 Å². The quantitative estimate of drug-likeness (QED) is 0.0286. The molecule has 0 saturated carbocycles. The van der Waals surface area contributed by atoms with Crippen molar-refractivity contribution in [2.75, 3.05) is 192 Å². The minimum atomic E-state index is -0.338. The standard InChI is InChI=1S/C37H72N4O15.C2H6/c1-3-8-44-10-12-46-14-16-48-18-20-50-22-24-52-26-28-54-30-32-56-33-31-55-29-27-53-25-23-51-21-19-49-17-15-47-13-11-45-9-6-41(39)35-36(38)34-40(2)37(43)5-4-7-42;1-2/h4-5,7,35H,3,6,8-34,38-39H2,1-2H3;1-2H3/b5-4-,36-35-;. The number of carbonyl (C=O) groups excluding carboxylic acids is 2. The molecule has 0 aliphatic heterocycles. The van der Waals surface area contributed by atoms with Gasteiger partial charge in [-0.05, 0) is 12.5 Å². The molecule has 0 fully saturated rings. The molecule has 0 aliphatic rings. The first-order valence-electron chi connectivity index (χ1n) is 20.4. The number of hydrogen-bond acceptors (Lipinski definition) is 18. The average molecular weight is 843 g/mol. The number of ether oxygens (including phenoxy) is 13. The Morgan fingerprint density at radius 3 is 1.00 bits per heavy atom. The highest BCUT2D eigenvalue weighted by molar-refractivity contribution is 5.90. The van der Waals surface area contributed by atoms with Crippen LogP contribution in [0.25, 0.3) is 0 Å². The summed E-state index contributed by atoms with van der Waals surface area (Å²) < 4.78 is 71.0. The molecule has 0 rings (SSSR count). The highest BCUT2D eigenvalue weighted by Gasteiger charge is 2.06. The van der Waals surface area contributed by atoms with Crippen LogP contribution in [0.1, 0.15) is 27.2 Å². The Kier molecular flexibility index (Phi) is 50.6. The van der Waals surface area contributed by atoms with Gasteiger partial charge in [0.2, 0.25) is 5.91 Å². The molecular weight excluding hydrogens is 764 g/mol. The van der Waals surface area contributed by atoms with E-state index in [1.165, 1.54) is 22.2 Å². The molecular formula is C39H78N4O15. The van der Waals surface area contributed by atoms with Crippen LogP contribution in [0, 0.1) is 0 Å². The maximum absolute atomic E-state index is 11.8. The lowest BCUT2D eigenvalue weighted by Crippen LogP contribution is -2.34. The van der Waals surface area contributed by atoms with Gasteiger partial charge in [0.15, 0.2) is 0 Å². The summed E-state index contributed by atoms with van der Waals surface area (Å²) >= 11 is 0. The molecule has 0 aromatic carbocycles. The Hall–Kier alpha value is -2.34. The Bertz CT molecular complexity index is 909. The molecule has 0 saturated heterocycles. The molecule has 0 aromatic heterocycles. The Morgan fingerprint density at radius 1 is 0.483 bits per heavy atom. The smallest absolute Gasteiger partial charge is 0.246 e. The molecule has 0 bridgehead atoms. The summed E-state index contributed by atoms with van der Waals surface area (Å²) in [6, 6.07) is 0. The lowest BCUT2D eigenvalue weighted by atomic mass is 10.4. The predicted molar refractivity (Wildman–Crippen MR) is 218 cm³/mol. The highest BCUT2D eigenvalue weighted by Crippen LogP contribution is 1.95. The van der Waals surface area contributed by atoms with Crippen LogP contribution in [-0.4, -0.2) is 214 Å². The molecule has 19 nitrogen and oxygen atoms in total. The fourth-order valence-corrected chi connectivity index (χ4v) is 3.97. The first kappa shape index (κ1) is 57.8. The van der Waals surface area contributed by atoms with E-state index in [0.717, 1.165) is 19.1 Å². The number of carbonyl (C=O) groups is 2. The van der Waals surface area contributed by atoms with Crippen molar-refractivity contribution in [1.82, 2.24) is 9.91 Å². The summed E-state index contributed by atoms with van der Waals surface area (Å²) in [5.41, 5.74) is 6.30. The van der Waals surface area contributed by atoms with Gasteiger partial charge in [-0.25, -0.2) is 5.84 Å². The van der Waals surface area contributed by atoms with Crippen LogP contribution in [0.15, 0.2) is 24.0 Å². The van der Waals surface area contributed by atoms with Gasteiger partial charge < -0.3 is 77.2 Å². The topological polar surface area (TPSA) is 213 Å². The van der Waals surface area contributed by atoms with Crippen LogP contribution in [0.4, 0.5) is 0 Å². The molecule has 0 atom stereocenters. The summed E-state index contributed by atoms with van der Waals surface area (Å²) in [5, 5.41) is 1.38. The van der Waals surface area contributed by atoms with Gasteiger partial charge in [-0.3, -0.25) is 9.59 Å². The van der Waals surface area contributed by atoms with Crippen LogP contribution >= 0.6 is 0 Å². The molecule has 344 valence electrons. The van der Waals surface area contributed by atoms with E-state index in [-0.39, 0.29) is 12.5 Å². The van der Waals surface area contributed by atoms with Crippen molar-refractivity contribution < 1.29 is 71.2 Å². The number of likely N-dealkylation sites (N-methyl/N-ethyl adjacent to an activating group) is 1. The molecule has 58 heavy (non-hydrogen) atoms. The summed E-state index contributed by atoms with van der Waals surface area (Å²) in [6.07, 6.45) is 5.37. The molecule has 0 aromatic rings. The second-order valence-electron chi connectivity index (χ2n) is 11.6. The Balaban J connectivity index is 0. The molecule has 0 aliphatic carbocycles. The van der Waals surface area contributed by atoms with Crippen LogP contribution in [0.3, 0.4) is 0 Å². The van der Waals surface area contributed by atoms with Crippen molar-refractivity contribution in [1.29, 1.82) is 0 Å². The number of hydrogen-bond donors (Lipinski definition) is 2. The van der Waals surface area contributed by atoms with Crippen molar-refractivity contribution in [2.45, 2.75) is 27.2 Å². The molecule has 0 unspecified atom stereocenters. The highest BCUT2D eigenvalue weighted by atomic mass is 16.6. The summed E-state index contributed by atoms with van der Waals surface area (Å²) in [6.45, 7) is 19.7. The largest absolute Gasteiger partial charge is 0.399 e. The van der Waals surface area contributed by atoms with Gasteiger partial charge >= 0.3 is 0 Å². The van der Waals surface area contributed by atoms with Crippen molar-refractivity contribution in [3.05, 3.63) is 24.0 Å².